The minimum absolute atomic E-state index is 0.231. The lowest BCUT2D eigenvalue weighted by atomic mass is 10.2. The summed E-state index contributed by atoms with van der Waals surface area (Å²) < 4.78 is 37.6. The Bertz CT molecular complexity index is 114. The van der Waals surface area contributed by atoms with Gasteiger partial charge in [-0.1, -0.05) is 6.92 Å². The van der Waals surface area contributed by atoms with Gasteiger partial charge in [0, 0.05) is 0 Å². The number of alkyl halides is 3. The number of ether oxygens (including phenoxy) is 1. The molecule has 0 rings (SSSR count). The molecule has 5 heteroatoms. The smallest absolute Gasteiger partial charge is 0.393 e. The lowest BCUT2D eigenvalue weighted by Crippen LogP contribution is -2.15. The number of halogens is 3. The molecule has 0 fully saturated rings. The standard InChI is InChI=1S/C7H13F3O2/c1-2-6(11)4-3-5-12-7(8,9)10/h6,11H,2-5H2,1H3. The summed E-state index contributed by atoms with van der Waals surface area (Å²) in [6, 6.07) is 0. The van der Waals surface area contributed by atoms with Gasteiger partial charge in [-0.3, -0.25) is 4.74 Å². The van der Waals surface area contributed by atoms with Gasteiger partial charge in [0.05, 0.1) is 12.7 Å². The van der Waals surface area contributed by atoms with Crippen molar-refractivity contribution in [2.45, 2.75) is 38.7 Å². The molecule has 0 radical (unpaired) electrons. The summed E-state index contributed by atoms with van der Waals surface area (Å²) in [5, 5.41) is 8.95. The first-order valence-corrected chi connectivity index (χ1v) is 3.84. The molecule has 0 spiro atoms. The summed E-state index contributed by atoms with van der Waals surface area (Å²) in [6.45, 7) is 1.40. The van der Waals surface area contributed by atoms with Gasteiger partial charge in [0.15, 0.2) is 0 Å². The highest BCUT2D eigenvalue weighted by Crippen LogP contribution is 2.16. The van der Waals surface area contributed by atoms with Crippen LogP contribution >= 0.6 is 0 Å². The van der Waals surface area contributed by atoms with Crippen LogP contribution in [0.15, 0.2) is 0 Å². The number of aliphatic hydroxyl groups excluding tert-OH is 1. The van der Waals surface area contributed by atoms with Gasteiger partial charge in [-0.15, -0.1) is 13.2 Å². The van der Waals surface area contributed by atoms with Crippen molar-refractivity contribution in [1.29, 1.82) is 0 Å². The Kier molecular flexibility index (Phi) is 5.24. The van der Waals surface area contributed by atoms with Gasteiger partial charge in [-0.25, -0.2) is 0 Å². The fourth-order valence-corrected chi connectivity index (χ4v) is 0.711. The van der Waals surface area contributed by atoms with Gasteiger partial charge in [-0.2, -0.15) is 0 Å². The number of hydrogen-bond donors (Lipinski definition) is 1. The topological polar surface area (TPSA) is 29.5 Å². The van der Waals surface area contributed by atoms with Crippen molar-refractivity contribution in [2.75, 3.05) is 6.61 Å². The second kappa shape index (κ2) is 5.37. The zero-order valence-corrected chi connectivity index (χ0v) is 6.90. The Balaban J connectivity index is 3.22. The average molecular weight is 186 g/mol. The fourth-order valence-electron chi connectivity index (χ4n) is 0.711. The summed E-state index contributed by atoms with van der Waals surface area (Å²) in [6.07, 6.45) is -3.91. The van der Waals surface area contributed by atoms with Crippen molar-refractivity contribution in [2.24, 2.45) is 0 Å². The first kappa shape index (κ1) is 11.7. The molecular weight excluding hydrogens is 173 g/mol. The van der Waals surface area contributed by atoms with Crippen LogP contribution in [0, 0.1) is 0 Å². The van der Waals surface area contributed by atoms with Crippen LogP contribution in [0.1, 0.15) is 26.2 Å². The predicted molar refractivity (Wildman–Crippen MR) is 37.5 cm³/mol. The lowest BCUT2D eigenvalue weighted by Gasteiger charge is -2.09. The molecule has 0 heterocycles. The van der Waals surface area contributed by atoms with Crippen LogP contribution in [-0.4, -0.2) is 24.2 Å². The molecule has 12 heavy (non-hydrogen) atoms. The molecule has 74 valence electrons. The van der Waals surface area contributed by atoms with Gasteiger partial charge in [0.2, 0.25) is 0 Å². The minimum Gasteiger partial charge on any atom is -0.393 e. The highest BCUT2D eigenvalue weighted by molar-refractivity contribution is 4.51. The largest absolute Gasteiger partial charge is 0.522 e. The molecule has 0 aliphatic heterocycles. The van der Waals surface area contributed by atoms with Crippen LogP contribution < -0.4 is 0 Å². The molecule has 1 unspecified atom stereocenters. The fraction of sp³-hybridized carbons (Fsp3) is 1.00. The normalized spacial score (nSPS) is 14.8. The molecule has 0 bridgehead atoms. The lowest BCUT2D eigenvalue weighted by molar-refractivity contribution is -0.324. The zero-order valence-electron chi connectivity index (χ0n) is 6.90. The molecule has 1 N–H and O–H groups in total. The zero-order chi connectivity index (χ0) is 9.61. The Morgan fingerprint density at radius 1 is 1.42 bits per heavy atom. The number of aliphatic hydroxyl groups is 1. The van der Waals surface area contributed by atoms with Gasteiger partial charge in [0.25, 0.3) is 0 Å². The van der Waals surface area contributed by atoms with E-state index < -0.39 is 12.5 Å². The predicted octanol–water partition coefficient (Wildman–Crippen LogP) is 2.07. The van der Waals surface area contributed by atoms with E-state index in [1.54, 1.807) is 6.92 Å². The van der Waals surface area contributed by atoms with Crippen LogP contribution in [0.2, 0.25) is 0 Å². The van der Waals surface area contributed by atoms with E-state index in [9.17, 15) is 13.2 Å². The first-order valence-electron chi connectivity index (χ1n) is 3.84. The Labute approximate surface area is 69.3 Å². The van der Waals surface area contributed by atoms with Crippen molar-refractivity contribution >= 4 is 0 Å². The molecule has 0 aromatic carbocycles. The van der Waals surface area contributed by atoms with Crippen molar-refractivity contribution in [3.05, 3.63) is 0 Å². The maximum absolute atomic E-state index is 11.4. The molecule has 0 amide bonds. The SMILES string of the molecule is CCC(O)CCCOC(F)(F)F. The van der Waals surface area contributed by atoms with Crippen LogP contribution in [-0.2, 0) is 4.74 Å². The van der Waals surface area contributed by atoms with Gasteiger partial charge in [0.1, 0.15) is 0 Å². The Morgan fingerprint density at radius 3 is 2.42 bits per heavy atom. The van der Waals surface area contributed by atoms with Crippen LogP contribution in [0.4, 0.5) is 13.2 Å². The number of rotatable bonds is 5. The summed E-state index contributed by atoms with van der Waals surface area (Å²) in [4.78, 5) is 0. The third kappa shape index (κ3) is 7.81. The van der Waals surface area contributed by atoms with Crippen molar-refractivity contribution in [1.82, 2.24) is 0 Å². The Morgan fingerprint density at radius 2 is 2.00 bits per heavy atom. The third-order valence-corrected chi connectivity index (χ3v) is 1.42. The molecule has 0 aromatic rings. The Hall–Kier alpha value is -0.290. The molecule has 1 atom stereocenters. The number of hydrogen-bond acceptors (Lipinski definition) is 2. The van der Waals surface area contributed by atoms with Crippen molar-refractivity contribution < 1.29 is 23.0 Å². The summed E-state index contributed by atoms with van der Waals surface area (Å²) >= 11 is 0. The van der Waals surface area contributed by atoms with Gasteiger partial charge in [-0.05, 0) is 19.3 Å². The van der Waals surface area contributed by atoms with E-state index in [1.165, 1.54) is 0 Å². The van der Waals surface area contributed by atoms with E-state index in [0.29, 0.717) is 12.8 Å². The van der Waals surface area contributed by atoms with Crippen LogP contribution in [0.3, 0.4) is 0 Å². The molecule has 0 saturated heterocycles. The summed E-state index contributed by atoms with van der Waals surface area (Å²) in [5.74, 6) is 0. The average Bonchev–Trinajstić information content (AvgIpc) is 1.96. The summed E-state index contributed by atoms with van der Waals surface area (Å²) in [5.41, 5.74) is 0. The molecule has 0 aliphatic rings. The van der Waals surface area contributed by atoms with E-state index in [-0.39, 0.29) is 13.0 Å². The van der Waals surface area contributed by atoms with Crippen molar-refractivity contribution in [3.63, 3.8) is 0 Å². The minimum atomic E-state index is -4.54. The molecular formula is C7H13F3O2. The van der Waals surface area contributed by atoms with E-state index in [0.717, 1.165) is 0 Å². The van der Waals surface area contributed by atoms with Crippen molar-refractivity contribution in [3.8, 4) is 0 Å². The maximum atomic E-state index is 11.4. The summed E-state index contributed by atoms with van der Waals surface area (Å²) in [7, 11) is 0. The first-order chi connectivity index (χ1) is 5.45. The monoisotopic (exact) mass is 186 g/mol. The van der Waals surface area contributed by atoms with Gasteiger partial charge < -0.3 is 5.11 Å². The highest BCUT2D eigenvalue weighted by atomic mass is 19.4. The highest BCUT2D eigenvalue weighted by Gasteiger charge is 2.28. The van der Waals surface area contributed by atoms with Gasteiger partial charge >= 0.3 is 6.36 Å². The quantitative estimate of drug-likeness (QED) is 0.666. The molecule has 0 aromatic heterocycles. The molecule has 0 saturated carbocycles. The van der Waals surface area contributed by atoms with E-state index in [1.807, 2.05) is 0 Å². The molecule has 0 aliphatic carbocycles. The van der Waals surface area contributed by atoms with E-state index in [2.05, 4.69) is 4.74 Å². The maximum Gasteiger partial charge on any atom is 0.522 e. The van der Waals surface area contributed by atoms with Crippen LogP contribution in [0.25, 0.3) is 0 Å². The second-order valence-electron chi connectivity index (χ2n) is 2.50. The third-order valence-electron chi connectivity index (χ3n) is 1.42. The second-order valence-corrected chi connectivity index (χ2v) is 2.50. The van der Waals surface area contributed by atoms with Crippen LogP contribution in [0.5, 0.6) is 0 Å². The van der Waals surface area contributed by atoms with E-state index >= 15 is 0 Å². The molecule has 2 nitrogen and oxygen atoms in total. The van der Waals surface area contributed by atoms with E-state index in [4.69, 9.17) is 5.11 Å².